The number of fused-ring (bicyclic) bond motifs is 1. The van der Waals surface area contributed by atoms with Crippen LogP contribution in [0.15, 0.2) is 47.4 Å². The first kappa shape index (κ1) is 18.2. The van der Waals surface area contributed by atoms with Crippen LogP contribution in [0.1, 0.15) is 27.9 Å². The topological polar surface area (TPSA) is 72.5 Å². The molecular formula is C20H19NO4S. The summed E-state index contributed by atoms with van der Waals surface area (Å²) in [5.41, 5.74) is 3.11. The van der Waals surface area contributed by atoms with Crippen LogP contribution in [-0.4, -0.2) is 29.5 Å². The zero-order chi connectivity index (χ0) is 18.7. The number of hydrogen-bond donors (Lipinski definition) is 1. The van der Waals surface area contributed by atoms with Gasteiger partial charge in [0.15, 0.2) is 6.61 Å². The van der Waals surface area contributed by atoms with Crippen molar-refractivity contribution in [2.45, 2.75) is 30.4 Å². The van der Waals surface area contributed by atoms with Crippen LogP contribution in [0.4, 0.5) is 5.69 Å². The molecule has 2 aromatic carbocycles. The molecule has 1 heterocycles. The molecule has 3 rings (SSSR count). The van der Waals surface area contributed by atoms with Crippen LogP contribution in [0, 0.1) is 13.8 Å². The molecule has 0 saturated carbocycles. The van der Waals surface area contributed by atoms with Crippen LogP contribution in [0.3, 0.4) is 0 Å². The van der Waals surface area contributed by atoms with Crippen molar-refractivity contribution < 1.29 is 19.1 Å². The fourth-order valence-electron chi connectivity index (χ4n) is 2.70. The van der Waals surface area contributed by atoms with E-state index < -0.39 is 11.2 Å². The Morgan fingerprint density at radius 1 is 1.15 bits per heavy atom. The summed E-state index contributed by atoms with van der Waals surface area (Å²) in [4.78, 5) is 37.4. The summed E-state index contributed by atoms with van der Waals surface area (Å²) >= 11 is 1.33. The number of amides is 1. The number of carbonyl (C=O) groups excluding carboxylic acids is 3. The molecule has 1 aliphatic rings. The maximum atomic E-state index is 12.3. The van der Waals surface area contributed by atoms with Gasteiger partial charge in [0.25, 0.3) is 0 Å². The van der Waals surface area contributed by atoms with E-state index in [0.717, 1.165) is 21.7 Å². The molecule has 134 valence electrons. The van der Waals surface area contributed by atoms with Gasteiger partial charge in [0.05, 0.1) is 17.4 Å². The molecule has 26 heavy (non-hydrogen) atoms. The Bertz CT molecular complexity index is 878. The van der Waals surface area contributed by atoms with Crippen molar-refractivity contribution >= 4 is 35.1 Å². The highest BCUT2D eigenvalue weighted by atomic mass is 32.2. The molecule has 1 N–H and O–H groups in total. The number of aryl methyl sites for hydroxylation is 2. The Hall–Kier alpha value is -2.60. The number of ether oxygens (including phenoxy) is 1. The maximum Gasteiger partial charge on any atom is 0.307 e. The van der Waals surface area contributed by atoms with E-state index in [2.05, 4.69) is 5.32 Å². The highest BCUT2D eigenvalue weighted by Gasteiger charge is 2.29. The van der Waals surface area contributed by atoms with Gasteiger partial charge in [-0.2, -0.15) is 0 Å². The molecule has 0 saturated heterocycles. The van der Waals surface area contributed by atoms with Crippen molar-refractivity contribution in [3.05, 3.63) is 59.2 Å². The van der Waals surface area contributed by atoms with Gasteiger partial charge in [-0.3, -0.25) is 14.4 Å². The minimum absolute atomic E-state index is 0.0785. The average molecular weight is 369 g/mol. The van der Waals surface area contributed by atoms with E-state index in [1.807, 2.05) is 50.2 Å². The highest BCUT2D eigenvalue weighted by molar-refractivity contribution is 8.01. The SMILES string of the molecule is Cc1ccc(C)c(C(=O)COC(=O)C[C@@H]2Sc3ccccc3NC2=O)c1. The summed E-state index contributed by atoms with van der Waals surface area (Å²) in [6.45, 7) is 3.42. The standard InChI is InChI=1S/C20H19NO4S/c1-12-7-8-13(2)14(9-12)16(22)11-25-19(23)10-18-20(24)21-15-5-3-4-6-17(15)26-18/h3-9,18H,10-11H2,1-2H3,(H,21,24)/t18-/m0/s1. The van der Waals surface area contributed by atoms with Crippen LogP contribution >= 0.6 is 11.8 Å². The van der Waals surface area contributed by atoms with E-state index in [9.17, 15) is 14.4 Å². The lowest BCUT2D eigenvalue weighted by Crippen LogP contribution is -2.31. The average Bonchev–Trinajstić information content (AvgIpc) is 2.62. The fourth-order valence-corrected chi connectivity index (χ4v) is 3.79. The Labute approximate surface area is 156 Å². The lowest BCUT2D eigenvalue weighted by atomic mass is 10.0. The van der Waals surface area contributed by atoms with E-state index in [1.54, 1.807) is 6.07 Å². The first-order chi connectivity index (χ1) is 12.4. The maximum absolute atomic E-state index is 12.3. The van der Waals surface area contributed by atoms with Gasteiger partial charge in [0.1, 0.15) is 0 Å². The molecule has 2 aromatic rings. The Kier molecular flexibility index (Phi) is 5.42. The normalized spacial score (nSPS) is 15.8. The molecule has 0 aliphatic carbocycles. The minimum Gasteiger partial charge on any atom is -0.457 e. The first-order valence-electron chi connectivity index (χ1n) is 8.26. The van der Waals surface area contributed by atoms with Gasteiger partial charge in [0, 0.05) is 10.5 Å². The van der Waals surface area contributed by atoms with E-state index in [0.29, 0.717) is 5.56 Å². The van der Waals surface area contributed by atoms with Crippen molar-refractivity contribution in [3.8, 4) is 0 Å². The Morgan fingerprint density at radius 3 is 2.73 bits per heavy atom. The molecule has 1 atom stereocenters. The smallest absolute Gasteiger partial charge is 0.307 e. The predicted molar refractivity (Wildman–Crippen MR) is 101 cm³/mol. The number of carbonyl (C=O) groups is 3. The number of hydrogen-bond acceptors (Lipinski definition) is 5. The van der Waals surface area contributed by atoms with Crippen molar-refractivity contribution in [2.24, 2.45) is 0 Å². The highest BCUT2D eigenvalue weighted by Crippen LogP contribution is 2.36. The zero-order valence-electron chi connectivity index (χ0n) is 14.6. The van der Waals surface area contributed by atoms with Gasteiger partial charge in [-0.25, -0.2) is 0 Å². The van der Waals surface area contributed by atoms with Gasteiger partial charge in [-0.15, -0.1) is 11.8 Å². The predicted octanol–water partition coefficient (Wildman–Crippen LogP) is 3.53. The lowest BCUT2D eigenvalue weighted by Gasteiger charge is -2.23. The number of thioether (sulfide) groups is 1. The summed E-state index contributed by atoms with van der Waals surface area (Å²) < 4.78 is 5.11. The van der Waals surface area contributed by atoms with Crippen molar-refractivity contribution in [1.29, 1.82) is 0 Å². The first-order valence-corrected chi connectivity index (χ1v) is 9.14. The largest absolute Gasteiger partial charge is 0.457 e. The van der Waals surface area contributed by atoms with Crippen LogP contribution in [0.2, 0.25) is 0 Å². The Balaban J connectivity index is 1.57. The summed E-state index contributed by atoms with van der Waals surface area (Å²) in [7, 11) is 0. The number of Topliss-reactive ketones (excluding diaryl/α,β-unsaturated/α-hetero) is 1. The van der Waals surface area contributed by atoms with Gasteiger partial charge in [-0.1, -0.05) is 29.8 Å². The second-order valence-electron chi connectivity index (χ2n) is 6.20. The molecule has 1 aliphatic heterocycles. The van der Waals surface area contributed by atoms with Gasteiger partial charge >= 0.3 is 5.97 Å². The van der Waals surface area contributed by atoms with Gasteiger partial charge in [-0.05, 0) is 37.6 Å². The molecule has 0 radical (unpaired) electrons. The third-order valence-electron chi connectivity index (χ3n) is 4.12. The number of benzene rings is 2. The van der Waals surface area contributed by atoms with Gasteiger partial charge in [0.2, 0.25) is 11.7 Å². The second kappa shape index (κ2) is 7.74. The van der Waals surface area contributed by atoms with Crippen LogP contribution in [-0.2, 0) is 14.3 Å². The van der Waals surface area contributed by atoms with Crippen molar-refractivity contribution in [1.82, 2.24) is 0 Å². The number of anilines is 1. The molecular weight excluding hydrogens is 350 g/mol. The monoisotopic (exact) mass is 369 g/mol. The van der Waals surface area contributed by atoms with Crippen LogP contribution in [0.5, 0.6) is 0 Å². The third kappa shape index (κ3) is 4.14. The number of para-hydroxylation sites is 1. The number of esters is 1. The zero-order valence-corrected chi connectivity index (χ0v) is 15.4. The number of nitrogens with one attached hydrogen (secondary N) is 1. The lowest BCUT2D eigenvalue weighted by molar-refractivity contribution is -0.143. The van der Waals surface area contributed by atoms with Crippen molar-refractivity contribution in [3.63, 3.8) is 0 Å². The number of rotatable bonds is 5. The summed E-state index contributed by atoms with van der Waals surface area (Å²) in [6.07, 6.45) is -0.0785. The molecule has 0 aromatic heterocycles. The second-order valence-corrected chi connectivity index (χ2v) is 7.44. The Morgan fingerprint density at radius 2 is 1.92 bits per heavy atom. The van der Waals surface area contributed by atoms with E-state index in [1.165, 1.54) is 11.8 Å². The molecule has 6 heteroatoms. The number of ketones is 1. The molecule has 5 nitrogen and oxygen atoms in total. The van der Waals surface area contributed by atoms with E-state index in [4.69, 9.17) is 4.74 Å². The van der Waals surface area contributed by atoms with Crippen molar-refractivity contribution in [2.75, 3.05) is 11.9 Å². The van der Waals surface area contributed by atoms with Crippen LogP contribution in [0.25, 0.3) is 0 Å². The fraction of sp³-hybridized carbons (Fsp3) is 0.250. The summed E-state index contributed by atoms with van der Waals surface area (Å²) in [5.74, 6) is -1.03. The summed E-state index contributed by atoms with van der Waals surface area (Å²) in [6, 6.07) is 13.0. The molecule has 0 spiro atoms. The molecule has 0 bridgehead atoms. The molecule has 1 amide bonds. The van der Waals surface area contributed by atoms with E-state index in [-0.39, 0.29) is 24.7 Å². The van der Waals surface area contributed by atoms with Gasteiger partial charge < -0.3 is 10.1 Å². The molecule has 0 fully saturated rings. The quantitative estimate of drug-likeness (QED) is 0.645. The summed E-state index contributed by atoms with van der Waals surface area (Å²) in [5, 5.41) is 2.22. The third-order valence-corrected chi connectivity index (χ3v) is 5.39. The minimum atomic E-state index is -0.562. The molecule has 0 unspecified atom stereocenters. The van der Waals surface area contributed by atoms with E-state index >= 15 is 0 Å². The van der Waals surface area contributed by atoms with Crippen LogP contribution < -0.4 is 5.32 Å².